The van der Waals surface area contributed by atoms with Gasteiger partial charge in [0.1, 0.15) is 23.3 Å². The van der Waals surface area contributed by atoms with Gasteiger partial charge in [-0.25, -0.2) is 44.4 Å². The van der Waals surface area contributed by atoms with E-state index in [1.807, 2.05) is 20.6 Å². The van der Waals surface area contributed by atoms with Crippen LogP contribution < -0.4 is 24.0 Å². The molecule has 6 aromatic rings. The predicted molar refractivity (Wildman–Crippen MR) is 244 cm³/mol. The van der Waals surface area contributed by atoms with Gasteiger partial charge in [0.05, 0.1) is 32.7 Å². The van der Waals surface area contributed by atoms with Crippen molar-refractivity contribution in [2.24, 2.45) is 0 Å². The average molecular weight is 975 g/mol. The fourth-order valence-electron chi connectivity index (χ4n) is 7.84. The second-order valence-electron chi connectivity index (χ2n) is 15.1. The van der Waals surface area contributed by atoms with E-state index in [9.17, 15) is 34.4 Å². The molecule has 0 unspecified atom stereocenters. The van der Waals surface area contributed by atoms with E-state index in [2.05, 4.69) is 37.9 Å². The third-order valence-corrected chi connectivity index (χ3v) is 16.6. The first-order valence-corrected chi connectivity index (χ1v) is 24.8. The summed E-state index contributed by atoms with van der Waals surface area (Å²) in [5.74, 6) is -2.86. The quantitative estimate of drug-likeness (QED) is 0.117. The number of ether oxygens (including phenoxy) is 3. The SMILES string of the molecule is COc1cc(-c2csc(N3CCN(S(=O)(=O)c4c(F)cccc4F)CC3)n2)cc(OC)c1OC.Cc1cc(C)c(-c2csc(N3CCN(S(=O)(=O)c4c(F)cccc4F)CC3)n2)c(C)c1. The molecule has 2 aromatic heterocycles. The van der Waals surface area contributed by atoms with Crippen LogP contribution in [0.2, 0.25) is 0 Å². The van der Waals surface area contributed by atoms with Gasteiger partial charge in [-0.2, -0.15) is 8.61 Å². The molecule has 346 valence electrons. The maximum atomic E-state index is 14.1. The minimum Gasteiger partial charge on any atom is -0.493 e. The Labute approximate surface area is 383 Å². The summed E-state index contributed by atoms with van der Waals surface area (Å²) in [4.78, 5) is 11.6. The van der Waals surface area contributed by atoms with Crippen LogP contribution in [0.4, 0.5) is 27.8 Å². The van der Waals surface area contributed by atoms with Crippen LogP contribution in [0, 0.1) is 44.0 Å². The summed E-state index contributed by atoms with van der Waals surface area (Å²) in [5.41, 5.74) is 7.02. The van der Waals surface area contributed by atoms with E-state index in [1.54, 1.807) is 12.1 Å². The van der Waals surface area contributed by atoms with Crippen LogP contribution in [0.3, 0.4) is 0 Å². The minimum atomic E-state index is -4.29. The van der Waals surface area contributed by atoms with Crippen molar-refractivity contribution in [3.05, 3.63) is 111 Å². The monoisotopic (exact) mass is 974 g/mol. The Morgan fingerprint density at radius 3 is 1.32 bits per heavy atom. The van der Waals surface area contributed by atoms with E-state index < -0.39 is 53.1 Å². The Bertz CT molecular complexity index is 2830. The zero-order chi connectivity index (χ0) is 46.8. The van der Waals surface area contributed by atoms with Gasteiger partial charge in [-0.3, -0.25) is 0 Å². The van der Waals surface area contributed by atoms with E-state index in [-0.39, 0.29) is 26.2 Å². The van der Waals surface area contributed by atoms with Gasteiger partial charge < -0.3 is 24.0 Å². The van der Waals surface area contributed by atoms with Crippen molar-refractivity contribution in [1.82, 2.24) is 18.6 Å². The van der Waals surface area contributed by atoms with E-state index in [4.69, 9.17) is 19.2 Å². The summed E-state index contributed by atoms with van der Waals surface area (Å²) < 4.78 is 126. The van der Waals surface area contributed by atoms with E-state index in [0.29, 0.717) is 54.3 Å². The standard InChI is InChI=1S/C22H23F2N3O5S2.C22H23F2N3O2S2/c1-30-18-11-14(12-19(31-2)20(18)32-3)17-13-33-22(25-17)26-7-9-27(10-8-26)34(28,29)21-15(23)5-4-6-16(21)24;1-14-11-15(2)20(16(3)12-14)19-13-30-22(25-19)26-7-9-27(10-8-26)31(28,29)21-17(23)5-4-6-18(21)24/h4-6,11-13H,7-10H2,1-3H3;4-6,11-13H,7-10H2,1-3H3. The van der Waals surface area contributed by atoms with Crippen molar-refractivity contribution in [2.75, 3.05) is 83.5 Å². The maximum absolute atomic E-state index is 14.1. The first-order chi connectivity index (χ1) is 31.0. The molecule has 0 N–H and O–H groups in total. The lowest BCUT2D eigenvalue weighted by Crippen LogP contribution is -2.49. The number of anilines is 2. The molecule has 4 aromatic carbocycles. The van der Waals surface area contributed by atoms with E-state index >= 15 is 0 Å². The van der Waals surface area contributed by atoms with Crippen molar-refractivity contribution in [3.63, 3.8) is 0 Å². The second kappa shape index (κ2) is 19.6. The number of rotatable bonds is 11. The van der Waals surface area contributed by atoms with Crippen LogP contribution >= 0.6 is 22.7 Å². The molecule has 13 nitrogen and oxygen atoms in total. The maximum Gasteiger partial charge on any atom is 0.249 e. The molecular formula is C44H46F4N6O7S4. The predicted octanol–water partition coefficient (Wildman–Crippen LogP) is 8.15. The molecule has 0 atom stereocenters. The van der Waals surface area contributed by atoms with Gasteiger partial charge in [-0.05, 0) is 68.3 Å². The van der Waals surface area contributed by atoms with Crippen molar-refractivity contribution < 1.29 is 48.6 Å². The summed E-state index contributed by atoms with van der Waals surface area (Å²) in [6.45, 7) is 8.08. The number of sulfonamides is 2. The summed E-state index contributed by atoms with van der Waals surface area (Å²) in [6, 6.07) is 13.9. The number of hydrogen-bond donors (Lipinski definition) is 0. The molecule has 65 heavy (non-hydrogen) atoms. The number of thiazole rings is 2. The first-order valence-electron chi connectivity index (χ1n) is 20.2. The summed E-state index contributed by atoms with van der Waals surface area (Å²) >= 11 is 2.92. The molecule has 8 rings (SSSR count). The highest BCUT2D eigenvalue weighted by Gasteiger charge is 2.35. The van der Waals surface area contributed by atoms with Gasteiger partial charge in [0.15, 0.2) is 31.6 Å². The lowest BCUT2D eigenvalue weighted by molar-refractivity contribution is 0.324. The normalized spacial score (nSPS) is 15.1. The number of benzene rings is 4. The van der Waals surface area contributed by atoms with Crippen molar-refractivity contribution in [3.8, 4) is 39.8 Å². The Morgan fingerprint density at radius 2 is 0.938 bits per heavy atom. The second-order valence-corrected chi connectivity index (χ2v) is 20.5. The number of aryl methyl sites for hydroxylation is 3. The molecular weight excluding hydrogens is 929 g/mol. The van der Waals surface area contributed by atoms with Gasteiger partial charge in [0.25, 0.3) is 0 Å². The Balaban J connectivity index is 0.000000195. The molecule has 4 heterocycles. The third kappa shape index (κ3) is 9.80. The number of aromatic nitrogens is 2. The molecule has 2 fully saturated rings. The van der Waals surface area contributed by atoms with Gasteiger partial charge >= 0.3 is 0 Å². The lowest BCUT2D eigenvalue weighted by atomic mass is 9.98. The highest BCUT2D eigenvalue weighted by molar-refractivity contribution is 7.89. The van der Waals surface area contributed by atoms with Crippen LogP contribution in [0.1, 0.15) is 16.7 Å². The van der Waals surface area contributed by atoms with Crippen LogP contribution in [0.15, 0.2) is 81.2 Å². The van der Waals surface area contributed by atoms with Gasteiger partial charge in [-0.15, -0.1) is 22.7 Å². The van der Waals surface area contributed by atoms with Crippen molar-refractivity contribution in [1.29, 1.82) is 0 Å². The highest BCUT2D eigenvalue weighted by atomic mass is 32.2. The molecule has 0 spiro atoms. The average Bonchev–Trinajstić information content (AvgIpc) is 3.97. The molecule has 0 aliphatic carbocycles. The van der Waals surface area contributed by atoms with E-state index in [1.165, 1.54) is 49.6 Å². The fraction of sp³-hybridized carbons (Fsp3) is 0.318. The van der Waals surface area contributed by atoms with Crippen molar-refractivity contribution in [2.45, 2.75) is 30.6 Å². The fourth-order valence-corrected chi connectivity index (χ4v) is 12.7. The molecule has 0 amide bonds. The number of nitrogens with zero attached hydrogens (tertiary/aromatic N) is 6. The largest absolute Gasteiger partial charge is 0.493 e. The zero-order valence-corrected chi connectivity index (χ0v) is 39.5. The van der Waals surface area contributed by atoms with Gasteiger partial charge in [-0.1, -0.05) is 29.8 Å². The minimum absolute atomic E-state index is 0.0786. The molecule has 0 radical (unpaired) electrons. The summed E-state index contributed by atoms with van der Waals surface area (Å²) in [6.07, 6.45) is 0. The van der Waals surface area contributed by atoms with Crippen LogP contribution in [-0.2, 0) is 20.0 Å². The number of piperazine rings is 2. The number of halogens is 4. The smallest absolute Gasteiger partial charge is 0.249 e. The highest BCUT2D eigenvalue weighted by Crippen LogP contribution is 2.42. The Morgan fingerprint density at radius 1 is 0.554 bits per heavy atom. The zero-order valence-electron chi connectivity index (χ0n) is 36.3. The van der Waals surface area contributed by atoms with E-state index in [0.717, 1.165) is 78.1 Å². The van der Waals surface area contributed by atoms with Crippen LogP contribution in [0.25, 0.3) is 22.5 Å². The molecule has 0 saturated carbocycles. The summed E-state index contributed by atoms with van der Waals surface area (Å²) in [7, 11) is -3.93. The first kappa shape index (κ1) is 47.6. The third-order valence-electron chi connectivity index (χ3n) is 10.9. The van der Waals surface area contributed by atoms with Gasteiger partial charge in [0, 0.05) is 74.2 Å². The van der Waals surface area contributed by atoms with Crippen LogP contribution in [-0.4, -0.2) is 109 Å². The Kier molecular flexibility index (Phi) is 14.4. The summed E-state index contributed by atoms with van der Waals surface area (Å²) in [5, 5.41) is 5.41. The molecule has 2 aliphatic rings. The molecule has 2 aliphatic heterocycles. The number of methoxy groups -OCH3 is 3. The molecule has 2 saturated heterocycles. The molecule has 0 bridgehead atoms. The molecule has 21 heteroatoms. The van der Waals surface area contributed by atoms with Crippen molar-refractivity contribution >= 4 is 53.0 Å². The van der Waals surface area contributed by atoms with Gasteiger partial charge in [0.2, 0.25) is 25.8 Å². The van der Waals surface area contributed by atoms with Crippen LogP contribution in [0.5, 0.6) is 17.2 Å². The lowest BCUT2D eigenvalue weighted by Gasteiger charge is -2.33. The Hall–Kier alpha value is -5.32. The topological polar surface area (TPSA) is 135 Å². The number of hydrogen-bond acceptors (Lipinski definition) is 13.